The van der Waals surface area contributed by atoms with Gasteiger partial charge in [-0.15, -0.1) is 0 Å². The van der Waals surface area contributed by atoms with Crippen molar-refractivity contribution < 1.29 is 33.3 Å². The van der Waals surface area contributed by atoms with Crippen LogP contribution in [0.3, 0.4) is 0 Å². The van der Waals surface area contributed by atoms with Crippen LogP contribution in [0.5, 0.6) is 5.75 Å². The molecule has 0 spiro atoms. The molecule has 3 nitrogen and oxygen atoms in total. The first kappa shape index (κ1) is 18.3. The van der Waals surface area contributed by atoms with Crippen LogP contribution in [0.25, 0.3) is 0 Å². The van der Waals surface area contributed by atoms with Crippen LogP contribution in [-0.4, -0.2) is 10.7 Å². The van der Waals surface area contributed by atoms with E-state index in [0.29, 0.717) is 0 Å². The molecule has 2 heterocycles. The monoisotopic (exact) mass is 426 g/mol. The summed E-state index contributed by atoms with van der Waals surface area (Å²) >= 11 is 0. The van der Waals surface area contributed by atoms with E-state index in [9.17, 15) is 0 Å². The van der Waals surface area contributed by atoms with E-state index in [1.54, 1.807) is 0 Å². The molecule has 1 aliphatic heterocycles. The molecule has 1 atom stereocenters. The largest absolute Gasteiger partial charge is 1.00 e. The molecule has 23 heavy (non-hydrogen) atoms. The summed E-state index contributed by atoms with van der Waals surface area (Å²) in [7, 11) is 0. The highest BCUT2D eigenvalue weighted by Gasteiger charge is 2.26. The lowest BCUT2D eigenvalue weighted by Crippen LogP contribution is -3.00. The molecule has 3 rings (SSSR count). The first-order chi connectivity index (χ1) is 10.7. The normalized spacial score (nSPS) is 15.9. The Bertz CT molecular complexity index is 651. The van der Waals surface area contributed by atoms with Gasteiger partial charge in [0.15, 0.2) is 0 Å². The second kappa shape index (κ2) is 8.18. The van der Waals surface area contributed by atoms with Gasteiger partial charge in [0.05, 0.1) is 6.54 Å². The summed E-state index contributed by atoms with van der Waals surface area (Å²) in [5.74, 6) is 1.09. The Labute approximate surface area is 156 Å². The van der Waals surface area contributed by atoms with Gasteiger partial charge in [0, 0.05) is 12.0 Å². The number of fused-ring (bicyclic) bond motifs is 1. The third-order valence-corrected chi connectivity index (χ3v) is 4.48. The van der Waals surface area contributed by atoms with Crippen LogP contribution in [0, 0.1) is 13.8 Å². The molecule has 2 aromatic rings. The van der Waals surface area contributed by atoms with Gasteiger partial charge in [0.2, 0.25) is 6.33 Å². The number of aromatic nitrogens is 2. The number of aryl methyl sites for hydroxylation is 3. The van der Waals surface area contributed by atoms with Crippen LogP contribution in [0.4, 0.5) is 0 Å². The van der Waals surface area contributed by atoms with Crippen molar-refractivity contribution >= 4 is 0 Å². The predicted octanol–water partition coefficient (Wildman–Crippen LogP) is 0.590. The molecule has 0 saturated carbocycles. The number of nitrogens with zero attached hydrogens (tertiary/aromatic N) is 2. The summed E-state index contributed by atoms with van der Waals surface area (Å²) in [5.41, 5.74) is 4.03. The Morgan fingerprint density at radius 1 is 1.26 bits per heavy atom. The van der Waals surface area contributed by atoms with E-state index in [4.69, 9.17) is 4.74 Å². The zero-order valence-electron chi connectivity index (χ0n) is 14.4. The number of hydrogen-bond donors (Lipinski definition) is 0. The molecule has 1 aromatic carbocycles. The Balaban J connectivity index is 0.00000192. The number of unbranched alkanes of at least 4 members (excludes halogenated alkanes) is 2. The van der Waals surface area contributed by atoms with Crippen LogP contribution >= 0.6 is 0 Å². The molecule has 0 fully saturated rings. The van der Waals surface area contributed by atoms with Gasteiger partial charge in [-0.3, -0.25) is 0 Å². The molecule has 0 saturated heterocycles. The number of imidazole rings is 1. The first-order valence-corrected chi connectivity index (χ1v) is 8.47. The van der Waals surface area contributed by atoms with Crippen molar-refractivity contribution in [2.75, 3.05) is 0 Å². The van der Waals surface area contributed by atoms with Crippen molar-refractivity contribution in [3.8, 4) is 5.75 Å². The Hall–Kier alpha value is -1.04. The van der Waals surface area contributed by atoms with E-state index in [2.05, 4.69) is 60.8 Å². The van der Waals surface area contributed by atoms with Gasteiger partial charge in [0.1, 0.15) is 30.8 Å². The van der Waals surface area contributed by atoms with Crippen molar-refractivity contribution in [1.29, 1.82) is 0 Å². The number of ether oxygens (including phenoxy) is 1. The molecule has 1 aromatic heterocycles. The van der Waals surface area contributed by atoms with E-state index < -0.39 is 0 Å². The number of rotatable bonds is 6. The van der Waals surface area contributed by atoms with Crippen molar-refractivity contribution in [1.82, 2.24) is 4.57 Å². The summed E-state index contributed by atoms with van der Waals surface area (Å²) in [5, 5.41) is 0. The number of benzene rings is 1. The van der Waals surface area contributed by atoms with Crippen molar-refractivity contribution in [2.45, 2.75) is 65.6 Å². The molecule has 0 bridgehead atoms. The SMILES string of the molecule is CCCCCn1cc[n+](CC2Cc3c(C)cc(C)cc3O2)c1.[I-]. The van der Waals surface area contributed by atoms with E-state index in [0.717, 1.165) is 25.3 Å². The average molecular weight is 426 g/mol. The van der Waals surface area contributed by atoms with E-state index in [-0.39, 0.29) is 30.1 Å². The maximum Gasteiger partial charge on any atom is 0.243 e. The summed E-state index contributed by atoms with van der Waals surface area (Å²) < 4.78 is 10.7. The second-order valence-corrected chi connectivity index (χ2v) is 6.56. The summed E-state index contributed by atoms with van der Waals surface area (Å²) in [6.07, 6.45) is 11.7. The molecule has 0 aliphatic carbocycles. The zero-order chi connectivity index (χ0) is 15.5. The van der Waals surface area contributed by atoms with Gasteiger partial charge in [-0.25, -0.2) is 9.13 Å². The topological polar surface area (TPSA) is 18.0 Å². The second-order valence-electron chi connectivity index (χ2n) is 6.56. The third-order valence-electron chi connectivity index (χ3n) is 4.48. The molecule has 126 valence electrons. The lowest BCUT2D eigenvalue weighted by Gasteiger charge is -2.07. The van der Waals surface area contributed by atoms with Gasteiger partial charge in [-0.05, 0) is 43.9 Å². The number of hydrogen-bond acceptors (Lipinski definition) is 1. The Kier molecular flexibility index (Phi) is 6.50. The fourth-order valence-corrected chi connectivity index (χ4v) is 3.33. The van der Waals surface area contributed by atoms with Gasteiger partial charge in [0.25, 0.3) is 0 Å². The summed E-state index contributed by atoms with van der Waals surface area (Å²) in [4.78, 5) is 0. The highest BCUT2D eigenvalue weighted by Crippen LogP contribution is 2.32. The zero-order valence-corrected chi connectivity index (χ0v) is 16.5. The lowest BCUT2D eigenvalue weighted by atomic mass is 10.0. The fourth-order valence-electron chi connectivity index (χ4n) is 3.33. The molecular formula is C19H27IN2O. The smallest absolute Gasteiger partial charge is 0.243 e. The number of halogens is 1. The summed E-state index contributed by atoms with van der Waals surface area (Å²) in [6, 6.07) is 4.42. The Morgan fingerprint density at radius 2 is 2.09 bits per heavy atom. The molecule has 1 unspecified atom stereocenters. The lowest BCUT2D eigenvalue weighted by molar-refractivity contribution is -0.702. The van der Waals surface area contributed by atoms with Crippen LogP contribution in [-0.2, 0) is 19.5 Å². The standard InChI is InChI=1S/C19H27N2O.HI/c1-4-5-6-7-20-8-9-21(14-20)13-17-12-18-16(3)10-15(2)11-19(18)22-17;/h8-11,14,17H,4-7,12-13H2,1-3H3;1H/q+1;/p-1. The first-order valence-electron chi connectivity index (χ1n) is 8.47. The highest BCUT2D eigenvalue weighted by molar-refractivity contribution is 5.45. The van der Waals surface area contributed by atoms with E-state index in [1.165, 1.54) is 36.0 Å². The molecule has 1 aliphatic rings. The molecule has 0 radical (unpaired) electrons. The van der Waals surface area contributed by atoms with Crippen molar-refractivity contribution in [3.05, 3.63) is 47.5 Å². The molecular weight excluding hydrogens is 399 g/mol. The van der Waals surface area contributed by atoms with Gasteiger partial charge >= 0.3 is 0 Å². The molecule has 4 heteroatoms. The van der Waals surface area contributed by atoms with Gasteiger partial charge in [-0.2, -0.15) is 0 Å². The van der Waals surface area contributed by atoms with Crippen LogP contribution in [0.2, 0.25) is 0 Å². The molecule has 0 N–H and O–H groups in total. The van der Waals surface area contributed by atoms with E-state index in [1.807, 2.05) is 0 Å². The predicted molar refractivity (Wildman–Crippen MR) is 88.2 cm³/mol. The maximum atomic E-state index is 6.15. The Morgan fingerprint density at radius 3 is 2.87 bits per heavy atom. The van der Waals surface area contributed by atoms with Crippen LogP contribution in [0.15, 0.2) is 30.9 Å². The quantitative estimate of drug-likeness (QED) is 0.376. The average Bonchev–Trinajstić information content (AvgIpc) is 3.06. The fraction of sp³-hybridized carbons (Fsp3) is 0.526. The van der Waals surface area contributed by atoms with Crippen molar-refractivity contribution in [2.24, 2.45) is 0 Å². The highest BCUT2D eigenvalue weighted by atomic mass is 127. The minimum Gasteiger partial charge on any atom is -1.00 e. The van der Waals surface area contributed by atoms with Crippen molar-refractivity contribution in [3.63, 3.8) is 0 Å². The van der Waals surface area contributed by atoms with Gasteiger partial charge in [-0.1, -0.05) is 19.4 Å². The summed E-state index contributed by atoms with van der Waals surface area (Å²) in [6.45, 7) is 8.61. The van der Waals surface area contributed by atoms with E-state index >= 15 is 0 Å². The minimum absolute atomic E-state index is 0. The van der Waals surface area contributed by atoms with Crippen LogP contribution < -0.4 is 33.3 Å². The van der Waals surface area contributed by atoms with Crippen LogP contribution in [0.1, 0.15) is 42.9 Å². The van der Waals surface area contributed by atoms with Gasteiger partial charge < -0.3 is 28.7 Å². The third kappa shape index (κ3) is 4.49. The molecule has 0 amide bonds. The minimum atomic E-state index is 0. The maximum absolute atomic E-state index is 6.15.